The van der Waals surface area contributed by atoms with Crippen LogP contribution in [-0.4, -0.2) is 99.9 Å². The molecule has 4 heterocycles. The summed E-state index contributed by atoms with van der Waals surface area (Å²) in [6.07, 6.45) is 0.431. The topological polar surface area (TPSA) is 113 Å². The fraction of sp³-hybridized carbons (Fsp3) is 0.417. The fourth-order valence-electron chi connectivity index (χ4n) is 3.98. The summed E-state index contributed by atoms with van der Waals surface area (Å²) < 4.78 is 34.8. The number of halogens is 2. The van der Waals surface area contributed by atoms with Gasteiger partial charge >= 0.3 is 0 Å². The number of likely N-dealkylation sites (N-methyl/N-ethyl adjacent to an activating group) is 2. The molecule has 5 rings (SSSR count). The largest absolute Gasteiger partial charge is 0.378 e. The summed E-state index contributed by atoms with van der Waals surface area (Å²) in [5, 5.41) is 3.11. The number of imidazole rings is 1. The van der Waals surface area contributed by atoms with Gasteiger partial charge in [0.1, 0.15) is 0 Å². The van der Waals surface area contributed by atoms with Crippen LogP contribution >= 0.6 is 0 Å². The molecule has 1 aliphatic rings. The van der Waals surface area contributed by atoms with Gasteiger partial charge in [0.2, 0.25) is 23.8 Å². The third-order valence-electron chi connectivity index (χ3n) is 6.01. The number of alkyl halides is 2. The average molecular weight is 526 g/mol. The number of anilines is 4. The Balaban J connectivity index is 1.50. The number of hydrogen-bond acceptors (Lipinski definition) is 11. The molecule has 4 aromatic rings. The SMILES string of the molecule is CN(C)CCN(C)c1ncc(Nc2nc(N3CCOCC3)nc(-n3c(C(F)F)nc4ccccc43)n2)cn1. The van der Waals surface area contributed by atoms with E-state index in [-0.39, 0.29) is 11.9 Å². The number of para-hydroxylation sites is 2. The predicted molar refractivity (Wildman–Crippen MR) is 140 cm³/mol. The molecule has 0 amide bonds. The van der Waals surface area contributed by atoms with Crippen LogP contribution in [0.1, 0.15) is 12.2 Å². The van der Waals surface area contributed by atoms with Gasteiger partial charge < -0.3 is 24.8 Å². The van der Waals surface area contributed by atoms with Gasteiger partial charge in [0.25, 0.3) is 6.43 Å². The van der Waals surface area contributed by atoms with Crippen LogP contribution in [0.4, 0.5) is 32.3 Å². The second kappa shape index (κ2) is 11.1. The highest BCUT2D eigenvalue weighted by atomic mass is 19.3. The first kappa shape index (κ1) is 25.6. The number of benzene rings is 1. The van der Waals surface area contributed by atoms with Crippen molar-refractivity contribution in [2.75, 3.05) is 75.7 Å². The first-order valence-electron chi connectivity index (χ1n) is 12.2. The van der Waals surface area contributed by atoms with Crippen molar-refractivity contribution >= 4 is 34.6 Å². The summed E-state index contributed by atoms with van der Waals surface area (Å²) >= 11 is 0. The molecule has 0 bridgehead atoms. The molecular formula is C24H29F2N11O. The molecule has 38 heavy (non-hydrogen) atoms. The number of rotatable bonds is 9. The van der Waals surface area contributed by atoms with Gasteiger partial charge in [-0.2, -0.15) is 15.0 Å². The number of nitrogens with one attached hydrogen (secondary N) is 1. The summed E-state index contributed by atoms with van der Waals surface area (Å²) in [4.78, 5) is 32.6. The van der Waals surface area contributed by atoms with Crippen LogP contribution in [0.15, 0.2) is 36.7 Å². The highest BCUT2D eigenvalue weighted by molar-refractivity contribution is 5.77. The summed E-state index contributed by atoms with van der Waals surface area (Å²) in [6, 6.07) is 6.89. The van der Waals surface area contributed by atoms with Gasteiger partial charge in [-0.1, -0.05) is 12.1 Å². The number of fused-ring (bicyclic) bond motifs is 1. The second-order valence-corrected chi connectivity index (χ2v) is 9.07. The first-order chi connectivity index (χ1) is 18.4. The molecule has 200 valence electrons. The standard InChI is InChI=1S/C24H29F2N11O/c1-34(2)8-9-35(3)22-27-14-16(15-28-22)29-21-31-23(36-10-12-38-13-11-36)33-24(32-21)37-18-7-5-4-6-17(18)30-20(37)19(25)26/h4-7,14-15,19H,8-13H2,1-3H3,(H,29,31,32,33). The molecule has 0 saturated carbocycles. The van der Waals surface area contributed by atoms with Gasteiger partial charge in [-0.15, -0.1) is 0 Å². The van der Waals surface area contributed by atoms with Crippen molar-refractivity contribution in [2.45, 2.75) is 6.43 Å². The van der Waals surface area contributed by atoms with Crippen LogP contribution in [0.5, 0.6) is 0 Å². The van der Waals surface area contributed by atoms with Crippen LogP contribution in [-0.2, 0) is 4.74 Å². The van der Waals surface area contributed by atoms with Crippen molar-refractivity contribution in [1.29, 1.82) is 0 Å². The number of hydrogen-bond donors (Lipinski definition) is 1. The van der Waals surface area contributed by atoms with Crippen molar-refractivity contribution in [2.24, 2.45) is 0 Å². The van der Waals surface area contributed by atoms with E-state index in [2.05, 4.69) is 40.1 Å². The quantitative estimate of drug-likeness (QED) is 0.348. The lowest BCUT2D eigenvalue weighted by Crippen LogP contribution is -2.37. The van der Waals surface area contributed by atoms with E-state index in [9.17, 15) is 8.78 Å². The summed E-state index contributed by atoms with van der Waals surface area (Å²) in [7, 11) is 5.94. The average Bonchev–Trinajstić information content (AvgIpc) is 3.33. The Kier molecular flexibility index (Phi) is 7.51. The lowest BCUT2D eigenvalue weighted by atomic mass is 10.3. The van der Waals surface area contributed by atoms with E-state index in [0.29, 0.717) is 54.9 Å². The molecule has 1 aliphatic heterocycles. The molecule has 3 aromatic heterocycles. The smallest absolute Gasteiger partial charge is 0.296 e. The van der Waals surface area contributed by atoms with Crippen LogP contribution < -0.4 is 15.1 Å². The molecule has 1 saturated heterocycles. The Bertz CT molecular complexity index is 1370. The van der Waals surface area contributed by atoms with E-state index in [0.717, 1.165) is 13.1 Å². The van der Waals surface area contributed by atoms with Crippen LogP contribution in [0, 0.1) is 0 Å². The van der Waals surface area contributed by atoms with Crippen molar-refractivity contribution in [1.82, 2.24) is 39.4 Å². The number of morpholine rings is 1. The minimum atomic E-state index is -2.83. The molecule has 0 radical (unpaired) electrons. The fourth-order valence-corrected chi connectivity index (χ4v) is 3.98. The van der Waals surface area contributed by atoms with Gasteiger partial charge in [-0.25, -0.2) is 23.7 Å². The summed E-state index contributed by atoms with van der Waals surface area (Å²) in [5.74, 6) is 0.694. The maximum Gasteiger partial charge on any atom is 0.296 e. The van der Waals surface area contributed by atoms with Gasteiger partial charge in [0.15, 0.2) is 5.82 Å². The Morgan fingerprint density at radius 1 is 0.947 bits per heavy atom. The van der Waals surface area contributed by atoms with Crippen LogP contribution in [0.3, 0.4) is 0 Å². The zero-order valence-corrected chi connectivity index (χ0v) is 21.4. The second-order valence-electron chi connectivity index (χ2n) is 9.07. The van der Waals surface area contributed by atoms with E-state index in [1.54, 1.807) is 36.7 Å². The van der Waals surface area contributed by atoms with Gasteiger partial charge in [-0.05, 0) is 26.2 Å². The van der Waals surface area contributed by atoms with Gasteiger partial charge in [0.05, 0.1) is 42.3 Å². The first-order valence-corrected chi connectivity index (χ1v) is 12.2. The lowest BCUT2D eigenvalue weighted by Gasteiger charge is -2.27. The molecule has 0 unspecified atom stereocenters. The highest BCUT2D eigenvalue weighted by Gasteiger charge is 2.24. The molecule has 14 heteroatoms. The molecule has 0 atom stereocenters. The normalized spacial score (nSPS) is 14.0. The molecular weight excluding hydrogens is 496 g/mol. The Morgan fingerprint density at radius 3 is 2.37 bits per heavy atom. The third kappa shape index (κ3) is 5.60. The molecule has 1 N–H and O–H groups in total. The van der Waals surface area contributed by atoms with E-state index in [1.807, 2.05) is 30.9 Å². The van der Waals surface area contributed by atoms with E-state index >= 15 is 0 Å². The predicted octanol–water partition coefficient (Wildman–Crippen LogP) is 2.52. The van der Waals surface area contributed by atoms with Crippen molar-refractivity contribution in [3.63, 3.8) is 0 Å². The Morgan fingerprint density at radius 2 is 1.66 bits per heavy atom. The Hall–Kier alpha value is -4.04. The molecule has 1 fully saturated rings. The highest BCUT2D eigenvalue weighted by Crippen LogP contribution is 2.28. The lowest BCUT2D eigenvalue weighted by molar-refractivity contribution is 0.122. The Labute approximate surface area is 218 Å². The van der Waals surface area contributed by atoms with Gasteiger partial charge in [-0.3, -0.25) is 4.57 Å². The number of ether oxygens (including phenoxy) is 1. The van der Waals surface area contributed by atoms with E-state index in [4.69, 9.17) is 4.74 Å². The van der Waals surface area contributed by atoms with E-state index < -0.39 is 12.2 Å². The molecule has 0 spiro atoms. The third-order valence-corrected chi connectivity index (χ3v) is 6.01. The molecule has 0 aliphatic carbocycles. The maximum atomic E-state index is 14.0. The van der Waals surface area contributed by atoms with Gasteiger partial charge in [0, 0.05) is 33.2 Å². The molecule has 1 aromatic carbocycles. The number of aromatic nitrogens is 7. The monoisotopic (exact) mass is 525 g/mol. The number of nitrogens with zero attached hydrogens (tertiary/aromatic N) is 10. The van der Waals surface area contributed by atoms with Crippen LogP contribution in [0.2, 0.25) is 0 Å². The van der Waals surface area contributed by atoms with Crippen molar-refractivity contribution < 1.29 is 13.5 Å². The van der Waals surface area contributed by atoms with Crippen molar-refractivity contribution in [3.8, 4) is 5.95 Å². The summed E-state index contributed by atoms with van der Waals surface area (Å²) in [5.41, 5.74) is 1.44. The molecule has 12 nitrogen and oxygen atoms in total. The summed E-state index contributed by atoms with van der Waals surface area (Å²) in [6.45, 7) is 3.78. The zero-order valence-electron chi connectivity index (χ0n) is 21.4. The van der Waals surface area contributed by atoms with Crippen LogP contribution in [0.25, 0.3) is 17.0 Å². The minimum absolute atomic E-state index is 0.0361. The maximum absolute atomic E-state index is 14.0. The van der Waals surface area contributed by atoms with E-state index in [1.165, 1.54) is 4.57 Å². The minimum Gasteiger partial charge on any atom is -0.378 e. The van der Waals surface area contributed by atoms with Crippen molar-refractivity contribution in [3.05, 3.63) is 42.5 Å². The zero-order chi connectivity index (χ0) is 26.6.